The second-order valence-electron chi connectivity index (χ2n) is 4.71. The Balaban J connectivity index is 2.11. The summed E-state index contributed by atoms with van der Waals surface area (Å²) < 4.78 is 5.40. The SMILES string of the molecule is COc1ccc(CN(C)C)cc1NCc1cccs1. The predicted octanol–water partition coefficient (Wildman–Crippen LogP) is 3.43. The van der Waals surface area contributed by atoms with Gasteiger partial charge in [-0.2, -0.15) is 0 Å². The Morgan fingerprint density at radius 2 is 2.11 bits per heavy atom. The summed E-state index contributed by atoms with van der Waals surface area (Å²) in [6.07, 6.45) is 0. The predicted molar refractivity (Wildman–Crippen MR) is 82.0 cm³/mol. The molecule has 102 valence electrons. The van der Waals surface area contributed by atoms with Crippen molar-refractivity contribution in [2.45, 2.75) is 13.1 Å². The van der Waals surface area contributed by atoms with Gasteiger partial charge in [-0.3, -0.25) is 0 Å². The van der Waals surface area contributed by atoms with Crippen LogP contribution >= 0.6 is 11.3 Å². The van der Waals surface area contributed by atoms with Crippen molar-refractivity contribution < 1.29 is 4.74 Å². The van der Waals surface area contributed by atoms with Crippen LogP contribution in [0.3, 0.4) is 0 Å². The summed E-state index contributed by atoms with van der Waals surface area (Å²) in [5, 5.41) is 5.54. The van der Waals surface area contributed by atoms with Crippen LogP contribution in [0.2, 0.25) is 0 Å². The minimum absolute atomic E-state index is 0.833. The Hall–Kier alpha value is -1.52. The van der Waals surface area contributed by atoms with E-state index in [0.29, 0.717) is 0 Å². The Morgan fingerprint density at radius 1 is 1.26 bits per heavy atom. The lowest BCUT2D eigenvalue weighted by Crippen LogP contribution is -2.11. The first kappa shape index (κ1) is 13.9. The van der Waals surface area contributed by atoms with Crippen LogP contribution in [-0.4, -0.2) is 26.1 Å². The number of ether oxygens (including phenoxy) is 1. The minimum Gasteiger partial charge on any atom is -0.495 e. The van der Waals surface area contributed by atoms with Gasteiger partial charge in [0, 0.05) is 18.0 Å². The number of thiophene rings is 1. The maximum Gasteiger partial charge on any atom is 0.141 e. The lowest BCUT2D eigenvalue weighted by Gasteiger charge is -2.14. The molecule has 0 unspecified atom stereocenters. The van der Waals surface area contributed by atoms with E-state index < -0.39 is 0 Å². The normalized spacial score (nSPS) is 10.7. The molecular weight excluding hydrogens is 256 g/mol. The molecule has 0 radical (unpaired) electrons. The first-order chi connectivity index (χ1) is 9.19. The zero-order valence-corrected chi connectivity index (χ0v) is 12.5. The van der Waals surface area contributed by atoms with Crippen molar-refractivity contribution in [1.29, 1.82) is 0 Å². The number of hydrogen-bond donors (Lipinski definition) is 1. The molecule has 19 heavy (non-hydrogen) atoms. The molecule has 2 aromatic rings. The van der Waals surface area contributed by atoms with Crippen molar-refractivity contribution in [1.82, 2.24) is 4.90 Å². The number of benzene rings is 1. The highest BCUT2D eigenvalue weighted by atomic mass is 32.1. The van der Waals surface area contributed by atoms with Gasteiger partial charge < -0.3 is 15.0 Å². The van der Waals surface area contributed by atoms with E-state index in [1.54, 1.807) is 18.4 Å². The van der Waals surface area contributed by atoms with Gasteiger partial charge in [0.15, 0.2) is 0 Å². The third kappa shape index (κ3) is 3.98. The van der Waals surface area contributed by atoms with Gasteiger partial charge in [-0.25, -0.2) is 0 Å². The van der Waals surface area contributed by atoms with E-state index in [9.17, 15) is 0 Å². The lowest BCUT2D eigenvalue weighted by molar-refractivity contribution is 0.400. The summed E-state index contributed by atoms with van der Waals surface area (Å²) >= 11 is 1.76. The van der Waals surface area contributed by atoms with Crippen molar-refractivity contribution in [2.75, 3.05) is 26.5 Å². The minimum atomic E-state index is 0.833. The van der Waals surface area contributed by atoms with Gasteiger partial charge in [-0.1, -0.05) is 12.1 Å². The quantitative estimate of drug-likeness (QED) is 0.875. The van der Waals surface area contributed by atoms with Crippen LogP contribution < -0.4 is 10.1 Å². The molecule has 0 saturated carbocycles. The molecule has 1 heterocycles. The summed E-state index contributed by atoms with van der Waals surface area (Å²) in [7, 11) is 5.85. The van der Waals surface area contributed by atoms with Crippen LogP contribution in [0.15, 0.2) is 35.7 Å². The van der Waals surface area contributed by atoms with Gasteiger partial charge >= 0.3 is 0 Å². The largest absolute Gasteiger partial charge is 0.495 e. The van der Waals surface area contributed by atoms with Gasteiger partial charge in [0.05, 0.1) is 12.8 Å². The average molecular weight is 276 g/mol. The number of anilines is 1. The van der Waals surface area contributed by atoms with E-state index in [1.165, 1.54) is 10.4 Å². The standard InChI is InChI=1S/C15H20N2OS/c1-17(2)11-12-6-7-15(18-3)14(9-12)16-10-13-5-4-8-19-13/h4-9,16H,10-11H2,1-3H3. The molecule has 1 aromatic carbocycles. The molecule has 0 spiro atoms. The topological polar surface area (TPSA) is 24.5 Å². The zero-order valence-electron chi connectivity index (χ0n) is 11.6. The van der Waals surface area contributed by atoms with E-state index in [0.717, 1.165) is 24.5 Å². The molecule has 0 aliphatic rings. The Kier molecular flexibility index (Phi) is 4.82. The van der Waals surface area contributed by atoms with Crippen LogP contribution in [0.25, 0.3) is 0 Å². The second kappa shape index (κ2) is 6.59. The number of nitrogens with zero attached hydrogens (tertiary/aromatic N) is 1. The van der Waals surface area contributed by atoms with Crippen molar-refractivity contribution >= 4 is 17.0 Å². The number of hydrogen-bond acceptors (Lipinski definition) is 4. The highest BCUT2D eigenvalue weighted by Crippen LogP contribution is 2.26. The molecule has 1 N–H and O–H groups in total. The summed E-state index contributed by atoms with van der Waals surface area (Å²) in [4.78, 5) is 3.48. The fourth-order valence-corrected chi connectivity index (χ4v) is 2.60. The molecule has 1 aromatic heterocycles. The van der Waals surface area contributed by atoms with E-state index >= 15 is 0 Å². The van der Waals surface area contributed by atoms with E-state index in [2.05, 4.69) is 54.0 Å². The molecule has 0 aliphatic carbocycles. The number of methoxy groups -OCH3 is 1. The molecular formula is C15H20N2OS. The fraction of sp³-hybridized carbons (Fsp3) is 0.333. The molecule has 0 bridgehead atoms. The van der Waals surface area contributed by atoms with Gasteiger partial charge in [-0.15, -0.1) is 11.3 Å². The Bertz CT molecular complexity index is 509. The van der Waals surface area contributed by atoms with Crippen molar-refractivity contribution in [3.8, 4) is 5.75 Å². The maximum absolute atomic E-state index is 5.40. The monoisotopic (exact) mass is 276 g/mol. The van der Waals surface area contributed by atoms with Gasteiger partial charge in [0.1, 0.15) is 5.75 Å². The Morgan fingerprint density at radius 3 is 2.74 bits per heavy atom. The van der Waals surface area contributed by atoms with Crippen LogP contribution in [0.1, 0.15) is 10.4 Å². The van der Waals surface area contributed by atoms with Crippen molar-refractivity contribution in [3.05, 3.63) is 46.2 Å². The molecule has 3 nitrogen and oxygen atoms in total. The summed E-state index contributed by atoms with van der Waals surface area (Å²) in [5.74, 6) is 0.888. The smallest absolute Gasteiger partial charge is 0.141 e. The third-order valence-electron chi connectivity index (χ3n) is 2.80. The van der Waals surface area contributed by atoms with Crippen LogP contribution in [0.4, 0.5) is 5.69 Å². The molecule has 0 aliphatic heterocycles. The van der Waals surface area contributed by atoms with Crippen LogP contribution in [0.5, 0.6) is 5.75 Å². The summed E-state index contributed by atoms with van der Waals surface area (Å²) in [6, 6.07) is 10.5. The zero-order chi connectivity index (χ0) is 13.7. The molecule has 2 rings (SSSR count). The third-order valence-corrected chi connectivity index (χ3v) is 3.67. The van der Waals surface area contributed by atoms with E-state index in [1.807, 2.05) is 6.07 Å². The second-order valence-corrected chi connectivity index (χ2v) is 5.74. The molecule has 0 atom stereocenters. The van der Waals surface area contributed by atoms with Crippen LogP contribution in [0, 0.1) is 0 Å². The number of rotatable bonds is 6. The van der Waals surface area contributed by atoms with E-state index in [4.69, 9.17) is 4.74 Å². The highest BCUT2D eigenvalue weighted by molar-refractivity contribution is 7.09. The van der Waals surface area contributed by atoms with Gasteiger partial charge in [-0.05, 0) is 43.2 Å². The molecule has 0 saturated heterocycles. The highest BCUT2D eigenvalue weighted by Gasteiger charge is 2.05. The van der Waals surface area contributed by atoms with Crippen molar-refractivity contribution in [2.24, 2.45) is 0 Å². The average Bonchev–Trinajstić information content (AvgIpc) is 2.89. The van der Waals surface area contributed by atoms with E-state index in [-0.39, 0.29) is 0 Å². The first-order valence-corrected chi connectivity index (χ1v) is 7.15. The summed E-state index contributed by atoms with van der Waals surface area (Å²) in [5.41, 5.74) is 2.33. The maximum atomic E-state index is 5.40. The van der Waals surface area contributed by atoms with Gasteiger partial charge in [0.2, 0.25) is 0 Å². The Labute approximate surface area is 118 Å². The molecule has 0 amide bonds. The van der Waals surface area contributed by atoms with Crippen molar-refractivity contribution in [3.63, 3.8) is 0 Å². The van der Waals surface area contributed by atoms with Crippen LogP contribution in [-0.2, 0) is 13.1 Å². The fourth-order valence-electron chi connectivity index (χ4n) is 1.95. The molecule has 0 fully saturated rings. The molecule has 4 heteroatoms. The lowest BCUT2D eigenvalue weighted by atomic mass is 10.1. The first-order valence-electron chi connectivity index (χ1n) is 6.27. The van der Waals surface area contributed by atoms with Gasteiger partial charge in [0.25, 0.3) is 0 Å². The number of nitrogens with one attached hydrogen (secondary N) is 1. The summed E-state index contributed by atoms with van der Waals surface area (Å²) in [6.45, 7) is 1.76.